The third-order valence-electron chi connectivity index (χ3n) is 4.32. The lowest BCUT2D eigenvalue weighted by molar-refractivity contribution is 0.0951. The molecule has 0 saturated heterocycles. The normalized spacial score (nSPS) is 10.7. The number of pyridine rings is 1. The first-order valence-corrected chi connectivity index (χ1v) is 8.56. The molecule has 134 valence electrons. The number of carbonyl (C=O) groups excluding carboxylic acids is 1. The maximum atomic E-state index is 12.5. The average Bonchev–Trinajstić information content (AvgIpc) is 3.16. The number of fused-ring (bicyclic) bond motifs is 1. The largest absolute Gasteiger partial charge is 0.497 e. The van der Waals surface area contributed by atoms with E-state index in [1.807, 2.05) is 65.2 Å². The molecule has 6 heteroatoms. The van der Waals surface area contributed by atoms with Crippen LogP contribution in [0.5, 0.6) is 5.75 Å². The third-order valence-corrected chi connectivity index (χ3v) is 4.32. The molecule has 6 nitrogen and oxygen atoms in total. The molecule has 4 rings (SSSR count). The summed E-state index contributed by atoms with van der Waals surface area (Å²) in [5, 5.41) is 11.4. The second-order valence-corrected chi connectivity index (χ2v) is 6.06. The molecule has 0 saturated carbocycles. The highest BCUT2D eigenvalue weighted by molar-refractivity contribution is 5.95. The molecule has 1 N–H and O–H groups in total. The van der Waals surface area contributed by atoms with Gasteiger partial charge in [0.1, 0.15) is 5.75 Å². The van der Waals surface area contributed by atoms with Gasteiger partial charge in [0.2, 0.25) is 0 Å². The summed E-state index contributed by atoms with van der Waals surface area (Å²) in [6.45, 7) is 0.440. The van der Waals surface area contributed by atoms with E-state index in [0.29, 0.717) is 17.8 Å². The van der Waals surface area contributed by atoms with Gasteiger partial charge < -0.3 is 10.1 Å². The van der Waals surface area contributed by atoms with Gasteiger partial charge in [-0.3, -0.25) is 9.20 Å². The topological polar surface area (TPSA) is 68.5 Å². The molecule has 0 radical (unpaired) electrons. The summed E-state index contributed by atoms with van der Waals surface area (Å²) >= 11 is 0. The van der Waals surface area contributed by atoms with Crippen molar-refractivity contribution in [2.75, 3.05) is 7.11 Å². The highest BCUT2D eigenvalue weighted by Gasteiger charge is 2.11. The van der Waals surface area contributed by atoms with E-state index < -0.39 is 0 Å². The number of amides is 1. The molecule has 0 bridgehead atoms. The van der Waals surface area contributed by atoms with Crippen LogP contribution in [0.25, 0.3) is 17.0 Å². The van der Waals surface area contributed by atoms with Gasteiger partial charge in [0.25, 0.3) is 5.91 Å². The number of ether oxygens (including phenoxy) is 1. The monoisotopic (exact) mass is 358 g/mol. The van der Waals surface area contributed by atoms with Gasteiger partial charge in [0, 0.05) is 23.9 Å². The van der Waals surface area contributed by atoms with Crippen LogP contribution in [0.4, 0.5) is 0 Å². The summed E-state index contributed by atoms with van der Waals surface area (Å²) in [7, 11) is 1.63. The van der Waals surface area contributed by atoms with Crippen LogP contribution in [0.15, 0.2) is 72.9 Å². The minimum absolute atomic E-state index is 0.155. The molecule has 27 heavy (non-hydrogen) atoms. The lowest BCUT2D eigenvalue weighted by atomic mass is 10.2. The molecule has 0 fully saturated rings. The fourth-order valence-corrected chi connectivity index (χ4v) is 2.84. The SMILES string of the molecule is COc1ccc(CNC(=O)c2ccn3c(-c4ccccc4)nnc3c2)cc1. The quantitative estimate of drug-likeness (QED) is 0.594. The molecule has 0 aliphatic heterocycles. The summed E-state index contributed by atoms with van der Waals surface area (Å²) in [5.74, 6) is 1.38. The van der Waals surface area contributed by atoms with Crippen LogP contribution >= 0.6 is 0 Å². The molecule has 1 amide bonds. The van der Waals surface area contributed by atoms with Crippen molar-refractivity contribution in [1.29, 1.82) is 0 Å². The second kappa shape index (κ2) is 7.29. The van der Waals surface area contributed by atoms with Crippen LogP contribution in [0.2, 0.25) is 0 Å². The first-order valence-electron chi connectivity index (χ1n) is 8.56. The van der Waals surface area contributed by atoms with Crippen molar-refractivity contribution in [3.8, 4) is 17.1 Å². The van der Waals surface area contributed by atoms with E-state index in [4.69, 9.17) is 4.74 Å². The Hall–Kier alpha value is -3.67. The number of hydrogen-bond donors (Lipinski definition) is 1. The first-order chi connectivity index (χ1) is 13.2. The van der Waals surface area contributed by atoms with Gasteiger partial charge in [-0.15, -0.1) is 10.2 Å². The summed E-state index contributed by atoms with van der Waals surface area (Å²) < 4.78 is 7.01. The standard InChI is InChI=1S/C21H18N4O2/c1-27-18-9-7-15(8-10-18)14-22-21(26)17-11-12-25-19(13-17)23-24-20(25)16-5-3-2-4-6-16/h2-13H,14H2,1H3,(H,22,26). The molecule has 0 spiro atoms. The third kappa shape index (κ3) is 3.50. The number of benzene rings is 2. The number of aromatic nitrogens is 3. The highest BCUT2D eigenvalue weighted by atomic mass is 16.5. The van der Waals surface area contributed by atoms with E-state index in [2.05, 4.69) is 15.5 Å². The Morgan fingerprint density at radius 2 is 1.81 bits per heavy atom. The summed E-state index contributed by atoms with van der Waals surface area (Å²) in [5.41, 5.74) is 3.15. The highest BCUT2D eigenvalue weighted by Crippen LogP contribution is 2.18. The predicted molar refractivity (Wildman–Crippen MR) is 103 cm³/mol. The number of nitrogens with zero attached hydrogens (tertiary/aromatic N) is 3. The number of carbonyl (C=O) groups is 1. The van der Waals surface area contributed by atoms with E-state index in [1.165, 1.54) is 0 Å². The zero-order valence-corrected chi connectivity index (χ0v) is 14.8. The van der Waals surface area contributed by atoms with Crippen molar-refractivity contribution >= 4 is 11.6 Å². The van der Waals surface area contributed by atoms with Crippen molar-refractivity contribution in [1.82, 2.24) is 19.9 Å². The Labute approximate surface area is 156 Å². The first kappa shape index (κ1) is 16.8. The van der Waals surface area contributed by atoms with Crippen molar-refractivity contribution in [3.63, 3.8) is 0 Å². The van der Waals surface area contributed by atoms with Crippen molar-refractivity contribution < 1.29 is 9.53 Å². The Bertz CT molecular complexity index is 1070. The zero-order chi connectivity index (χ0) is 18.6. The van der Waals surface area contributed by atoms with E-state index in [9.17, 15) is 4.79 Å². The predicted octanol–water partition coefficient (Wildman–Crippen LogP) is 3.33. The number of methoxy groups -OCH3 is 1. The number of hydrogen-bond acceptors (Lipinski definition) is 4. The Kier molecular flexibility index (Phi) is 4.53. The summed E-state index contributed by atoms with van der Waals surface area (Å²) in [6, 6.07) is 20.9. The van der Waals surface area contributed by atoms with Crippen LogP contribution in [0.3, 0.4) is 0 Å². The average molecular weight is 358 g/mol. The maximum Gasteiger partial charge on any atom is 0.251 e. The fourth-order valence-electron chi connectivity index (χ4n) is 2.84. The number of nitrogens with one attached hydrogen (secondary N) is 1. The van der Waals surface area contributed by atoms with Crippen molar-refractivity contribution in [2.45, 2.75) is 6.54 Å². The van der Waals surface area contributed by atoms with E-state index in [1.54, 1.807) is 19.2 Å². The molecule has 2 heterocycles. The van der Waals surface area contributed by atoms with Crippen LogP contribution < -0.4 is 10.1 Å². The molecule has 2 aromatic heterocycles. The molecule has 4 aromatic rings. The van der Waals surface area contributed by atoms with Crippen molar-refractivity contribution in [2.24, 2.45) is 0 Å². The Morgan fingerprint density at radius 1 is 1.04 bits per heavy atom. The van der Waals surface area contributed by atoms with E-state index in [-0.39, 0.29) is 5.91 Å². The molecule has 0 aliphatic carbocycles. The van der Waals surface area contributed by atoms with Gasteiger partial charge in [-0.2, -0.15) is 0 Å². The molecule has 0 unspecified atom stereocenters. The fraction of sp³-hybridized carbons (Fsp3) is 0.0952. The lowest BCUT2D eigenvalue weighted by Gasteiger charge is -2.07. The van der Waals surface area contributed by atoms with Gasteiger partial charge in [-0.25, -0.2) is 0 Å². The maximum absolute atomic E-state index is 12.5. The summed E-state index contributed by atoms with van der Waals surface area (Å²) in [6.07, 6.45) is 1.82. The van der Waals surface area contributed by atoms with Crippen LogP contribution in [-0.2, 0) is 6.54 Å². The van der Waals surface area contributed by atoms with Crippen LogP contribution in [-0.4, -0.2) is 27.6 Å². The molecular formula is C21H18N4O2. The minimum Gasteiger partial charge on any atom is -0.497 e. The smallest absolute Gasteiger partial charge is 0.251 e. The van der Waals surface area contributed by atoms with Gasteiger partial charge in [0.15, 0.2) is 11.5 Å². The Balaban J connectivity index is 1.51. The minimum atomic E-state index is -0.155. The van der Waals surface area contributed by atoms with Crippen LogP contribution in [0, 0.1) is 0 Å². The zero-order valence-electron chi connectivity index (χ0n) is 14.8. The van der Waals surface area contributed by atoms with Crippen LogP contribution in [0.1, 0.15) is 15.9 Å². The molecule has 2 aromatic carbocycles. The van der Waals surface area contributed by atoms with Gasteiger partial charge in [-0.05, 0) is 29.8 Å². The number of rotatable bonds is 5. The molecule has 0 atom stereocenters. The van der Waals surface area contributed by atoms with Gasteiger partial charge in [0.05, 0.1) is 7.11 Å². The van der Waals surface area contributed by atoms with Gasteiger partial charge >= 0.3 is 0 Å². The van der Waals surface area contributed by atoms with E-state index in [0.717, 1.165) is 22.7 Å². The summed E-state index contributed by atoms with van der Waals surface area (Å²) in [4.78, 5) is 12.5. The lowest BCUT2D eigenvalue weighted by Crippen LogP contribution is -2.22. The molecule has 0 aliphatic rings. The second-order valence-electron chi connectivity index (χ2n) is 6.06. The van der Waals surface area contributed by atoms with E-state index >= 15 is 0 Å². The Morgan fingerprint density at radius 3 is 2.56 bits per heavy atom. The van der Waals surface area contributed by atoms with Crippen molar-refractivity contribution in [3.05, 3.63) is 84.1 Å². The van der Waals surface area contributed by atoms with Gasteiger partial charge in [-0.1, -0.05) is 42.5 Å². The molecular weight excluding hydrogens is 340 g/mol.